The Morgan fingerprint density at radius 2 is 1.82 bits per heavy atom. The van der Waals surface area contributed by atoms with E-state index in [4.69, 9.17) is 5.10 Å². The van der Waals surface area contributed by atoms with Crippen LogP contribution in [0.25, 0.3) is 22.4 Å². The van der Waals surface area contributed by atoms with Crippen molar-refractivity contribution in [2.75, 3.05) is 11.9 Å². The molecule has 0 spiro atoms. The van der Waals surface area contributed by atoms with Gasteiger partial charge in [0.25, 0.3) is 5.91 Å². The smallest absolute Gasteiger partial charge is 0.277 e. The molecule has 0 bridgehead atoms. The van der Waals surface area contributed by atoms with Crippen molar-refractivity contribution in [3.05, 3.63) is 72.1 Å². The summed E-state index contributed by atoms with van der Waals surface area (Å²) in [7, 11) is 1.74. The Labute approximate surface area is 194 Å². The van der Waals surface area contributed by atoms with Gasteiger partial charge in [0.05, 0.1) is 18.8 Å². The first kappa shape index (κ1) is 21.5. The Morgan fingerprint density at radius 1 is 1.03 bits per heavy atom. The number of aryl methyl sites for hydroxylation is 1. The molecule has 0 saturated heterocycles. The maximum absolute atomic E-state index is 13.6. The van der Waals surface area contributed by atoms with E-state index in [-0.39, 0.29) is 23.3 Å². The Kier molecular flexibility index (Phi) is 5.40. The molecule has 1 aliphatic rings. The number of rotatable bonds is 4. The van der Waals surface area contributed by atoms with Crippen LogP contribution in [0.15, 0.2) is 54.9 Å². The highest BCUT2D eigenvalue weighted by Gasteiger charge is 2.27. The largest absolute Gasteiger partial charge is 0.335 e. The second-order valence-electron chi connectivity index (χ2n) is 8.10. The molecule has 1 aromatic carbocycles. The van der Waals surface area contributed by atoms with E-state index >= 15 is 0 Å². The van der Waals surface area contributed by atoms with Crippen LogP contribution in [-0.2, 0) is 24.9 Å². The molecule has 9 nitrogen and oxygen atoms in total. The zero-order valence-corrected chi connectivity index (χ0v) is 18.7. The topological polar surface area (TPSA) is 97.9 Å². The van der Waals surface area contributed by atoms with E-state index < -0.39 is 0 Å². The predicted molar refractivity (Wildman–Crippen MR) is 123 cm³/mol. The maximum Gasteiger partial charge on any atom is 0.277 e. The monoisotopic (exact) mass is 459 g/mol. The van der Waals surface area contributed by atoms with Crippen molar-refractivity contribution in [1.82, 2.24) is 29.4 Å². The molecule has 3 aromatic heterocycles. The van der Waals surface area contributed by atoms with Crippen molar-refractivity contribution in [2.24, 2.45) is 7.05 Å². The van der Waals surface area contributed by atoms with E-state index in [1.165, 1.54) is 12.1 Å². The van der Waals surface area contributed by atoms with E-state index in [0.29, 0.717) is 31.1 Å². The molecule has 0 fully saturated rings. The number of carbonyl (C=O) groups excluding carboxylic acids is 2. The Morgan fingerprint density at radius 3 is 2.53 bits per heavy atom. The summed E-state index contributed by atoms with van der Waals surface area (Å²) in [6.45, 7) is 3.06. The third kappa shape index (κ3) is 4.05. The fraction of sp³-hybridized carbons (Fsp3) is 0.208. The molecular weight excluding hydrogens is 437 g/mol. The van der Waals surface area contributed by atoms with Gasteiger partial charge in [0.15, 0.2) is 5.69 Å². The van der Waals surface area contributed by atoms with Crippen LogP contribution in [0.4, 0.5) is 10.2 Å². The number of anilines is 1. The fourth-order valence-electron chi connectivity index (χ4n) is 4.07. The molecule has 5 rings (SSSR count). The van der Waals surface area contributed by atoms with E-state index in [9.17, 15) is 14.0 Å². The lowest BCUT2D eigenvalue weighted by Gasteiger charge is -2.27. The molecule has 0 aliphatic carbocycles. The van der Waals surface area contributed by atoms with Gasteiger partial charge in [0, 0.05) is 44.0 Å². The van der Waals surface area contributed by atoms with Crippen molar-refractivity contribution in [3.63, 3.8) is 0 Å². The molecule has 0 radical (unpaired) electrons. The predicted octanol–water partition coefficient (Wildman–Crippen LogP) is 3.10. The summed E-state index contributed by atoms with van der Waals surface area (Å²) in [5, 5.41) is 11.7. The average molecular weight is 459 g/mol. The van der Waals surface area contributed by atoms with Crippen molar-refractivity contribution in [1.29, 1.82) is 0 Å². The molecule has 2 amide bonds. The quantitative estimate of drug-likeness (QED) is 0.506. The normalized spacial score (nSPS) is 13.0. The van der Waals surface area contributed by atoms with Gasteiger partial charge >= 0.3 is 0 Å². The standard InChI is InChI=1S/C24H22FN7O2/c1-15(33)31-11-12-32-20(14-31)22(23(29-32)16-3-5-18(25)6-4-16)17-7-9-26-21(13-17)27-24(34)19-8-10-30(2)28-19/h3-10,13H,11-12,14H2,1-2H3,(H,26,27,34). The molecule has 172 valence electrons. The van der Waals surface area contributed by atoms with Crippen LogP contribution in [0.3, 0.4) is 0 Å². The summed E-state index contributed by atoms with van der Waals surface area (Å²) in [4.78, 5) is 30.7. The van der Waals surface area contributed by atoms with Crippen LogP contribution in [0, 0.1) is 5.82 Å². The number of halogens is 1. The van der Waals surface area contributed by atoms with E-state index in [1.54, 1.807) is 60.2 Å². The van der Waals surface area contributed by atoms with Crippen molar-refractivity contribution in [2.45, 2.75) is 20.0 Å². The van der Waals surface area contributed by atoms with Crippen LogP contribution in [0.2, 0.25) is 0 Å². The van der Waals surface area contributed by atoms with Crippen LogP contribution in [-0.4, -0.2) is 47.8 Å². The highest BCUT2D eigenvalue weighted by molar-refractivity contribution is 6.02. The zero-order valence-electron chi connectivity index (χ0n) is 18.7. The van der Waals surface area contributed by atoms with E-state index in [0.717, 1.165) is 22.4 Å². The number of carbonyl (C=O) groups is 2. The third-order valence-electron chi connectivity index (χ3n) is 5.78. The van der Waals surface area contributed by atoms with Crippen molar-refractivity contribution >= 4 is 17.6 Å². The van der Waals surface area contributed by atoms with Gasteiger partial charge in [-0.15, -0.1) is 0 Å². The first-order valence-electron chi connectivity index (χ1n) is 10.8. The minimum absolute atomic E-state index is 0.0141. The van der Waals surface area contributed by atoms with E-state index in [2.05, 4.69) is 15.4 Å². The summed E-state index contributed by atoms with van der Waals surface area (Å²) < 4.78 is 17.0. The SMILES string of the molecule is CC(=O)N1CCn2nc(-c3ccc(F)cc3)c(-c3ccnc(NC(=O)c4ccn(C)n4)c3)c2C1. The number of pyridine rings is 1. The van der Waals surface area contributed by atoms with Crippen LogP contribution in [0.5, 0.6) is 0 Å². The number of nitrogens with zero attached hydrogens (tertiary/aromatic N) is 6. The molecule has 0 saturated carbocycles. The Hall–Kier alpha value is -4.34. The van der Waals surface area contributed by atoms with Crippen LogP contribution >= 0.6 is 0 Å². The lowest BCUT2D eigenvalue weighted by Crippen LogP contribution is -2.37. The second kappa shape index (κ2) is 8.54. The number of aromatic nitrogens is 5. The first-order chi connectivity index (χ1) is 16.4. The van der Waals surface area contributed by atoms with Gasteiger partial charge in [0.2, 0.25) is 5.91 Å². The van der Waals surface area contributed by atoms with Gasteiger partial charge in [0.1, 0.15) is 17.3 Å². The third-order valence-corrected chi connectivity index (χ3v) is 5.78. The minimum atomic E-state index is -0.371. The van der Waals surface area contributed by atoms with Crippen LogP contribution < -0.4 is 5.32 Å². The number of amides is 2. The van der Waals surface area contributed by atoms with Gasteiger partial charge in [-0.1, -0.05) is 0 Å². The van der Waals surface area contributed by atoms with Crippen molar-refractivity contribution < 1.29 is 14.0 Å². The van der Waals surface area contributed by atoms with Gasteiger partial charge in [-0.05, 0) is 48.0 Å². The number of benzene rings is 1. The lowest BCUT2D eigenvalue weighted by atomic mass is 9.98. The van der Waals surface area contributed by atoms with Gasteiger partial charge in [-0.3, -0.25) is 19.0 Å². The van der Waals surface area contributed by atoms with E-state index in [1.807, 2.05) is 10.7 Å². The Balaban J connectivity index is 1.57. The minimum Gasteiger partial charge on any atom is -0.335 e. The number of fused-ring (bicyclic) bond motifs is 1. The summed E-state index contributed by atoms with van der Waals surface area (Å²) in [5.41, 5.74) is 4.17. The molecule has 1 aliphatic heterocycles. The summed E-state index contributed by atoms with van der Waals surface area (Å²) in [6, 6.07) is 11.4. The second-order valence-corrected chi connectivity index (χ2v) is 8.10. The van der Waals surface area contributed by atoms with Gasteiger partial charge in [-0.2, -0.15) is 10.2 Å². The van der Waals surface area contributed by atoms with Gasteiger partial charge < -0.3 is 10.2 Å². The number of hydrogen-bond acceptors (Lipinski definition) is 5. The molecule has 4 heterocycles. The summed E-state index contributed by atoms with van der Waals surface area (Å²) in [6.07, 6.45) is 3.29. The number of nitrogens with one attached hydrogen (secondary N) is 1. The average Bonchev–Trinajstić information content (AvgIpc) is 3.43. The maximum atomic E-state index is 13.6. The van der Waals surface area contributed by atoms with Crippen molar-refractivity contribution in [3.8, 4) is 22.4 Å². The summed E-state index contributed by atoms with van der Waals surface area (Å²) in [5.74, 6) is -0.360. The highest BCUT2D eigenvalue weighted by Crippen LogP contribution is 2.37. The fourth-order valence-corrected chi connectivity index (χ4v) is 4.07. The highest BCUT2D eigenvalue weighted by atomic mass is 19.1. The molecule has 0 atom stereocenters. The molecule has 1 N–H and O–H groups in total. The molecular formula is C24H22FN7O2. The number of hydrogen-bond donors (Lipinski definition) is 1. The first-order valence-corrected chi connectivity index (χ1v) is 10.8. The molecule has 34 heavy (non-hydrogen) atoms. The van der Waals surface area contributed by atoms with Gasteiger partial charge in [-0.25, -0.2) is 9.37 Å². The molecule has 4 aromatic rings. The lowest BCUT2D eigenvalue weighted by molar-refractivity contribution is -0.130. The van der Waals surface area contributed by atoms with Crippen LogP contribution in [0.1, 0.15) is 23.1 Å². The Bertz CT molecular complexity index is 1390. The molecule has 10 heteroatoms. The summed E-state index contributed by atoms with van der Waals surface area (Å²) >= 11 is 0. The zero-order chi connectivity index (χ0) is 23.8. The molecule has 0 unspecified atom stereocenters.